The predicted octanol–water partition coefficient (Wildman–Crippen LogP) is 5.30. The van der Waals surface area contributed by atoms with Crippen molar-refractivity contribution >= 4 is 40.6 Å². The Morgan fingerprint density at radius 3 is 2.67 bits per heavy atom. The SMILES string of the molecule is Cc1c(C(=O)Nc2cccc(Cl)c2Cl)oc2c1C(=O)CC(C)(C)C2. The molecular formula is C18H17Cl2NO3. The quantitative estimate of drug-likeness (QED) is 0.784. The van der Waals surface area contributed by atoms with Crippen molar-refractivity contribution in [1.29, 1.82) is 0 Å². The highest BCUT2D eigenvalue weighted by Gasteiger charge is 2.37. The third kappa shape index (κ3) is 2.96. The van der Waals surface area contributed by atoms with Crippen LogP contribution in [-0.2, 0) is 6.42 Å². The Morgan fingerprint density at radius 2 is 1.96 bits per heavy atom. The second kappa shape index (κ2) is 5.94. The van der Waals surface area contributed by atoms with E-state index in [0.717, 1.165) is 0 Å². The number of anilines is 1. The van der Waals surface area contributed by atoms with E-state index in [-0.39, 0.29) is 22.0 Å². The van der Waals surface area contributed by atoms with E-state index in [1.54, 1.807) is 25.1 Å². The summed E-state index contributed by atoms with van der Waals surface area (Å²) in [6.07, 6.45) is 1.07. The van der Waals surface area contributed by atoms with Crippen LogP contribution in [0.15, 0.2) is 22.6 Å². The number of hydrogen-bond donors (Lipinski definition) is 1. The number of Topliss-reactive ketones (excluding diaryl/α,β-unsaturated/α-hetero) is 1. The summed E-state index contributed by atoms with van der Waals surface area (Å²) in [6, 6.07) is 4.98. The van der Waals surface area contributed by atoms with Gasteiger partial charge in [-0.1, -0.05) is 43.1 Å². The normalized spacial score (nSPS) is 16.0. The molecule has 1 aromatic carbocycles. The van der Waals surface area contributed by atoms with Gasteiger partial charge in [-0.15, -0.1) is 0 Å². The van der Waals surface area contributed by atoms with Crippen LogP contribution in [0.5, 0.6) is 0 Å². The summed E-state index contributed by atoms with van der Waals surface area (Å²) >= 11 is 12.1. The van der Waals surface area contributed by atoms with Gasteiger partial charge in [0.05, 0.1) is 21.3 Å². The van der Waals surface area contributed by atoms with E-state index in [1.165, 1.54) is 0 Å². The molecular weight excluding hydrogens is 349 g/mol. The summed E-state index contributed by atoms with van der Waals surface area (Å²) in [5.41, 5.74) is 1.34. The molecule has 0 spiro atoms. The van der Waals surface area contributed by atoms with Crippen LogP contribution in [0.2, 0.25) is 10.0 Å². The molecule has 0 saturated carbocycles. The molecule has 2 aromatic rings. The molecule has 1 heterocycles. The molecule has 126 valence electrons. The number of furan rings is 1. The molecule has 0 aliphatic heterocycles. The number of halogens is 2. The van der Waals surface area contributed by atoms with Crippen molar-refractivity contribution in [1.82, 2.24) is 0 Å². The lowest BCUT2D eigenvalue weighted by Crippen LogP contribution is -2.26. The molecule has 0 bridgehead atoms. The van der Waals surface area contributed by atoms with Crippen molar-refractivity contribution in [3.8, 4) is 0 Å². The topological polar surface area (TPSA) is 59.3 Å². The van der Waals surface area contributed by atoms with Crippen LogP contribution in [0.3, 0.4) is 0 Å². The van der Waals surface area contributed by atoms with Crippen molar-refractivity contribution in [3.05, 3.63) is 50.9 Å². The largest absolute Gasteiger partial charge is 0.455 e. The summed E-state index contributed by atoms with van der Waals surface area (Å²) in [4.78, 5) is 25.0. The highest BCUT2D eigenvalue weighted by atomic mass is 35.5. The van der Waals surface area contributed by atoms with Gasteiger partial charge in [-0.3, -0.25) is 9.59 Å². The Bertz CT molecular complexity index is 852. The molecule has 1 amide bonds. The summed E-state index contributed by atoms with van der Waals surface area (Å²) in [5.74, 6) is 0.289. The lowest BCUT2D eigenvalue weighted by atomic mass is 9.76. The fourth-order valence-corrected chi connectivity index (χ4v) is 3.43. The molecule has 4 nitrogen and oxygen atoms in total. The number of amides is 1. The standard InChI is InChI=1S/C18H17Cl2NO3/c1-9-14-12(22)7-18(2,3)8-13(14)24-16(9)17(23)21-11-6-4-5-10(19)15(11)20/h4-6H,7-8H2,1-3H3,(H,21,23). The number of carbonyl (C=O) groups excluding carboxylic acids is 2. The lowest BCUT2D eigenvalue weighted by molar-refractivity contribution is 0.0898. The zero-order valence-electron chi connectivity index (χ0n) is 13.6. The first-order chi connectivity index (χ1) is 11.2. The van der Waals surface area contributed by atoms with Crippen LogP contribution in [0.4, 0.5) is 5.69 Å². The maximum atomic E-state index is 12.6. The zero-order chi connectivity index (χ0) is 17.6. The molecule has 0 radical (unpaired) electrons. The summed E-state index contributed by atoms with van der Waals surface area (Å²) in [5, 5.41) is 3.30. The highest BCUT2D eigenvalue weighted by Crippen LogP contribution is 2.38. The van der Waals surface area contributed by atoms with Crippen LogP contribution in [0, 0.1) is 12.3 Å². The van der Waals surface area contributed by atoms with Gasteiger partial charge in [-0.25, -0.2) is 0 Å². The Kier molecular flexibility index (Phi) is 4.22. The minimum absolute atomic E-state index is 0.0161. The molecule has 6 heteroatoms. The fraction of sp³-hybridized carbons (Fsp3) is 0.333. The molecule has 1 aromatic heterocycles. The van der Waals surface area contributed by atoms with E-state index in [0.29, 0.717) is 40.4 Å². The van der Waals surface area contributed by atoms with Crippen molar-refractivity contribution in [2.75, 3.05) is 5.32 Å². The Morgan fingerprint density at radius 1 is 1.25 bits per heavy atom. The van der Waals surface area contributed by atoms with E-state index < -0.39 is 5.91 Å². The minimum atomic E-state index is -0.448. The first-order valence-electron chi connectivity index (χ1n) is 7.60. The smallest absolute Gasteiger partial charge is 0.291 e. The second-order valence-corrected chi connectivity index (χ2v) is 7.64. The van der Waals surface area contributed by atoms with Gasteiger partial charge in [-0.2, -0.15) is 0 Å². The van der Waals surface area contributed by atoms with E-state index in [9.17, 15) is 9.59 Å². The van der Waals surface area contributed by atoms with Gasteiger partial charge in [-0.05, 0) is 24.5 Å². The highest BCUT2D eigenvalue weighted by molar-refractivity contribution is 6.44. The van der Waals surface area contributed by atoms with Gasteiger partial charge in [0.15, 0.2) is 11.5 Å². The Labute approximate surface area is 150 Å². The number of nitrogens with one attached hydrogen (secondary N) is 1. The van der Waals surface area contributed by atoms with Crippen LogP contribution < -0.4 is 5.32 Å². The molecule has 1 aliphatic rings. The molecule has 24 heavy (non-hydrogen) atoms. The second-order valence-electron chi connectivity index (χ2n) is 6.85. The Hall–Kier alpha value is -1.78. The van der Waals surface area contributed by atoms with Gasteiger partial charge >= 0.3 is 0 Å². The number of carbonyl (C=O) groups is 2. The van der Waals surface area contributed by atoms with Crippen LogP contribution in [0.25, 0.3) is 0 Å². The summed E-state index contributed by atoms with van der Waals surface area (Å²) < 4.78 is 5.74. The first-order valence-corrected chi connectivity index (χ1v) is 8.36. The zero-order valence-corrected chi connectivity index (χ0v) is 15.1. The van der Waals surface area contributed by atoms with Crippen molar-refractivity contribution in [3.63, 3.8) is 0 Å². The number of hydrogen-bond acceptors (Lipinski definition) is 3. The fourth-order valence-electron chi connectivity index (χ4n) is 3.08. The first kappa shape index (κ1) is 17.1. The lowest BCUT2D eigenvalue weighted by Gasteiger charge is -2.27. The number of benzene rings is 1. The number of fused-ring (bicyclic) bond motifs is 1. The van der Waals surface area contributed by atoms with E-state index in [1.807, 2.05) is 13.8 Å². The molecule has 1 N–H and O–H groups in total. The maximum Gasteiger partial charge on any atom is 0.291 e. The van der Waals surface area contributed by atoms with Crippen LogP contribution in [-0.4, -0.2) is 11.7 Å². The maximum absolute atomic E-state index is 12.6. The number of ketones is 1. The van der Waals surface area contributed by atoms with E-state index in [2.05, 4.69) is 5.32 Å². The molecule has 3 rings (SSSR count). The van der Waals surface area contributed by atoms with E-state index in [4.69, 9.17) is 27.6 Å². The average Bonchev–Trinajstić information content (AvgIpc) is 2.79. The van der Waals surface area contributed by atoms with Gasteiger partial charge in [0.25, 0.3) is 5.91 Å². The monoisotopic (exact) mass is 365 g/mol. The van der Waals surface area contributed by atoms with Gasteiger partial charge in [0.2, 0.25) is 0 Å². The molecule has 1 aliphatic carbocycles. The molecule has 0 fully saturated rings. The molecule has 0 saturated heterocycles. The van der Waals surface area contributed by atoms with Crippen molar-refractivity contribution in [2.45, 2.75) is 33.6 Å². The number of rotatable bonds is 2. The van der Waals surface area contributed by atoms with Gasteiger partial charge in [0, 0.05) is 18.4 Å². The predicted molar refractivity (Wildman–Crippen MR) is 94.3 cm³/mol. The molecule has 0 atom stereocenters. The van der Waals surface area contributed by atoms with Crippen molar-refractivity contribution < 1.29 is 14.0 Å². The third-order valence-corrected chi connectivity index (χ3v) is 5.00. The average molecular weight is 366 g/mol. The van der Waals surface area contributed by atoms with E-state index >= 15 is 0 Å². The minimum Gasteiger partial charge on any atom is -0.455 e. The van der Waals surface area contributed by atoms with Gasteiger partial charge < -0.3 is 9.73 Å². The van der Waals surface area contributed by atoms with Crippen LogP contribution in [0.1, 0.15) is 52.5 Å². The summed E-state index contributed by atoms with van der Waals surface area (Å²) in [7, 11) is 0. The van der Waals surface area contributed by atoms with Crippen molar-refractivity contribution in [2.24, 2.45) is 5.41 Å². The van der Waals surface area contributed by atoms with Crippen LogP contribution >= 0.6 is 23.2 Å². The third-order valence-electron chi connectivity index (χ3n) is 4.18. The molecule has 0 unspecified atom stereocenters. The van der Waals surface area contributed by atoms with Gasteiger partial charge in [0.1, 0.15) is 5.76 Å². The summed E-state index contributed by atoms with van der Waals surface area (Å²) in [6.45, 7) is 5.75. The Balaban J connectivity index is 1.95.